The fourth-order valence-corrected chi connectivity index (χ4v) is 14.2. The van der Waals surface area contributed by atoms with E-state index in [0.29, 0.717) is 11.4 Å². The Hall–Kier alpha value is -2.25. The Kier molecular flexibility index (Phi) is 7.46. The van der Waals surface area contributed by atoms with Crippen molar-refractivity contribution in [3.05, 3.63) is 90.5 Å². The van der Waals surface area contributed by atoms with Gasteiger partial charge in [-0.3, -0.25) is 0 Å². The summed E-state index contributed by atoms with van der Waals surface area (Å²) in [6, 6.07) is 29.9. The van der Waals surface area contributed by atoms with E-state index in [1.54, 1.807) is 16.4 Å². The van der Waals surface area contributed by atoms with E-state index in [4.69, 9.17) is 4.74 Å². The van der Waals surface area contributed by atoms with Crippen molar-refractivity contribution in [1.82, 2.24) is 4.31 Å². The zero-order valence-electron chi connectivity index (χ0n) is 23.2. The highest BCUT2D eigenvalue weighted by Crippen LogP contribution is 2.47. The molecule has 2 fully saturated rings. The standard InChI is InChI=1S/C32H41NO3SSi/c1-26-18-20-28(21-19-26)37(34,35)33-24-27(36-32(33)22-12-7-13-23-32)25-38(31(2,3)4,29-14-8-5-9-15-29)30-16-10-6-11-17-30/h5-6,8-11,14-21,27H,7,12-13,22-25H2,1-4H3. The lowest BCUT2D eigenvalue weighted by Crippen LogP contribution is -2.65. The van der Waals surface area contributed by atoms with Crippen LogP contribution >= 0.6 is 0 Å². The Morgan fingerprint density at radius 3 is 1.87 bits per heavy atom. The van der Waals surface area contributed by atoms with Gasteiger partial charge in [0.05, 0.1) is 11.0 Å². The van der Waals surface area contributed by atoms with E-state index in [9.17, 15) is 8.42 Å². The van der Waals surface area contributed by atoms with Crippen LogP contribution in [0, 0.1) is 6.92 Å². The van der Waals surface area contributed by atoms with Gasteiger partial charge in [0.25, 0.3) is 0 Å². The predicted molar refractivity (Wildman–Crippen MR) is 158 cm³/mol. The van der Waals surface area contributed by atoms with Gasteiger partial charge in [-0.05, 0) is 55.8 Å². The first kappa shape index (κ1) is 27.3. The molecule has 1 atom stereocenters. The summed E-state index contributed by atoms with van der Waals surface area (Å²) in [4.78, 5) is 0.364. The Balaban J connectivity index is 1.59. The third kappa shape index (κ3) is 4.81. The molecule has 0 amide bonds. The molecule has 3 aromatic carbocycles. The molecule has 1 saturated heterocycles. The van der Waals surface area contributed by atoms with E-state index in [-0.39, 0.29) is 11.1 Å². The number of hydrogen-bond acceptors (Lipinski definition) is 3. The van der Waals surface area contributed by atoms with E-state index in [0.717, 1.165) is 43.7 Å². The van der Waals surface area contributed by atoms with Crippen molar-refractivity contribution >= 4 is 28.5 Å². The van der Waals surface area contributed by atoms with Crippen LogP contribution in [0.25, 0.3) is 0 Å². The van der Waals surface area contributed by atoms with Crippen LogP contribution in [-0.2, 0) is 14.8 Å². The quantitative estimate of drug-likeness (QED) is 0.350. The van der Waals surface area contributed by atoms with Crippen LogP contribution in [-0.4, -0.2) is 39.2 Å². The molecular weight excluding hydrogens is 507 g/mol. The average molecular weight is 548 g/mol. The molecule has 38 heavy (non-hydrogen) atoms. The van der Waals surface area contributed by atoms with Crippen molar-refractivity contribution in [3.63, 3.8) is 0 Å². The molecule has 1 unspecified atom stereocenters. The largest absolute Gasteiger partial charge is 0.355 e. The second-order valence-electron chi connectivity index (χ2n) is 12.2. The van der Waals surface area contributed by atoms with Crippen molar-refractivity contribution in [3.8, 4) is 0 Å². The van der Waals surface area contributed by atoms with Crippen LogP contribution in [0.2, 0.25) is 11.1 Å². The van der Waals surface area contributed by atoms with Gasteiger partial charge in [-0.2, -0.15) is 4.31 Å². The van der Waals surface area contributed by atoms with Gasteiger partial charge in [0, 0.05) is 6.54 Å². The Labute approximate surface area is 230 Å². The number of ether oxygens (including phenoxy) is 1. The molecule has 1 aliphatic carbocycles. The first-order valence-corrected chi connectivity index (χ1v) is 17.6. The fraction of sp³-hybridized carbons (Fsp3) is 0.438. The van der Waals surface area contributed by atoms with Gasteiger partial charge >= 0.3 is 0 Å². The average Bonchev–Trinajstić information content (AvgIpc) is 3.26. The van der Waals surface area contributed by atoms with Crippen molar-refractivity contribution in [1.29, 1.82) is 0 Å². The normalized spacial score (nSPS) is 20.6. The Morgan fingerprint density at radius 2 is 1.37 bits per heavy atom. The lowest BCUT2D eigenvalue weighted by atomic mass is 9.92. The summed E-state index contributed by atoms with van der Waals surface area (Å²) < 4.78 is 37.0. The second-order valence-corrected chi connectivity index (χ2v) is 18.9. The lowest BCUT2D eigenvalue weighted by Gasteiger charge is -2.45. The SMILES string of the molecule is Cc1ccc(S(=O)(=O)N2CC(C[Si](c3ccccc3)(c3ccccc3)C(C)(C)C)OC23CCCCC3)cc1. The van der Waals surface area contributed by atoms with Crippen LogP contribution in [0.4, 0.5) is 0 Å². The molecule has 4 nitrogen and oxygen atoms in total. The molecular formula is C32H41NO3SSi. The minimum atomic E-state index is -3.69. The van der Waals surface area contributed by atoms with Crippen molar-refractivity contribution in [2.24, 2.45) is 0 Å². The van der Waals surface area contributed by atoms with Crippen molar-refractivity contribution in [2.75, 3.05) is 6.54 Å². The maximum atomic E-state index is 14.1. The molecule has 6 heteroatoms. The molecule has 1 spiro atoms. The molecule has 1 heterocycles. The van der Waals surface area contributed by atoms with Crippen LogP contribution < -0.4 is 10.4 Å². The fourth-order valence-electron chi connectivity index (χ4n) is 6.85. The van der Waals surface area contributed by atoms with Crippen molar-refractivity contribution < 1.29 is 13.2 Å². The van der Waals surface area contributed by atoms with E-state index in [1.807, 2.05) is 19.1 Å². The third-order valence-electron chi connectivity index (χ3n) is 8.80. The highest BCUT2D eigenvalue weighted by molar-refractivity contribution is 7.89. The van der Waals surface area contributed by atoms with Gasteiger partial charge in [0.2, 0.25) is 10.0 Å². The molecule has 0 aromatic heterocycles. The summed E-state index contributed by atoms with van der Waals surface area (Å²) in [5, 5.41) is 2.74. The van der Waals surface area contributed by atoms with Gasteiger partial charge in [0.15, 0.2) is 0 Å². The summed E-state index contributed by atoms with van der Waals surface area (Å²) in [7, 11) is -6.11. The van der Waals surface area contributed by atoms with Crippen molar-refractivity contribution in [2.45, 2.75) is 87.6 Å². The maximum Gasteiger partial charge on any atom is 0.245 e. The minimum absolute atomic E-state index is 0.0119. The van der Waals surface area contributed by atoms with Gasteiger partial charge in [-0.1, -0.05) is 116 Å². The number of rotatable bonds is 6. The Morgan fingerprint density at radius 1 is 0.842 bits per heavy atom. The van der Waals surface area contributed by atoms with Gasteiger partial charge in [-0.15, -0.1) is 0 Å². The minimum Gasteiger partial charge on any atom is -0.355 e. The topological polar surface area (TPSA) is 46.6 Å². The van der Waals surface area contributed by atoms with Crippen LogP contribution in [0.3, 0.4) is 0 Å². The van der Waals surface area contributed by atoms with Gasteiger partial charge < -0.3 is 4.74 Å². The first-order chi connectivity index (χ1) is 18.1. The lowest BCUT2D eigenvalue weighted by molar-refractivity contribution is -0.0975. The molecule has 1 aliphatic heterocycles. The van der Waals surface area contributed by atoms with E-state index in [2.05, 4.69) is 81.4 Å². The second kappa shape index (κ2) is 10.4. The van der Waals surface area contributed by atoms with Crippen LogP contribution in [0.5, 0.6) is 0 Å². The van der Waals surface area contributed by atoms with E-state index < -0.39 is 23.8 Å². The third-order valence-corrected chi connectivity index (χ3v) is 17.0. The van der Waals surface area contributed by atoms with Crippen LogP contribution in [0.1, 0.15) is 58.4 Å². The molecule has 5 rings (SSSR count). The molecule has 0 radical (unpaired) electrons. The molecule has 0 bridgehead atoms. The highest BCUT2D eigenvalue weighted by atomic mass is 32.2. The van der Waals surface area contributed by atoms with E-state index >= 15 is 0 Å². The molecule has 3 aromatic rings. The number of aryl methyl sites for hydroxylation is 1. The number of sulfonamides is 1. The number of nitrogens with zero attached hydrogens (tertiary/aromatic N) is 1. The smallest absolute Gasteiger partial charge is 0.245 e. The zero-order chi connectivity index (χ0) is 27.0. The molecule has 2 aliphatic rings. The summed E-state index contributed by atoms with van der Waals surface area (Å²) in [6.45, 7) is 9.45. The summed E-state index contributed by atoms with van der Waals surface area (Å²) >= 11 is 0. The highest BCUT2D eigenvalue weighted by Gasteiger charge is 2.56. The number of hydrogen-bond donors (Lipinski definition) is 0. The van der Waals surface area contributed by atoms with Crippen LogP contribution in [0.15, 0.2) is 89.8 Å². The van der Waals surface area contributed by atoms with E-state index in [1.165, 1.54) is 10.4 Å². The molecule has 1 saturated carbocycles. The molecule has 202 valence electrons. The predicted octanol–water partition coefficient (Wildman–Crippen LogP) is 6.11. The molecule has 0 N–H and O–H groups in total. The number of benzene rings is 3. The maximum absolute atomic E-state index is 14.1. The zero-order valence-corrected chi connectivity index (χ0v) is 25.0. The summed E-state index contributed by atoms with van der Waals surface area (Å²) in [5.41, 5.74) is 0.302. The Bertz CT molecular complexity index is 1290. The first-order valence-electron chi connectivity index (χ1n) is 14.0. The monoisotopic (exact) mass is 547 g/mol. The summed E-state index contributed by atoms with van der Waals surface area (Å²) in [6.07, 6.45) is 4.46. The summed E-state index contributed by atoms with van der Waals surface area (Å²) in [5.74, 6) is 0. The van der Waals surface area contributed by atoms with Gasteiger partial charge in [0.1, 0.15) is 13.8 Å². The van der Waals surface area contributed by atoms with Gasteiger partial charge in [-0.25, -0.2) is 8.42 Å².